The van der Waals surface area contributed by atoms with Gasteiger partial charge in [-0.3, -0.25) is 0 Å². The third-order valence-corrected chi connectivity index (χ3v) is 4.48. The maximum Gasteiger partial charge on any atom is 0.0595 e. The van der Waals surface area contributed by atoms with E-state index in [1.165, 1.54) is 11.1 Å². The van der Waals surface area contributed by atoms with E-state index in [1.54, 1.807) is 0 Å². The minimum Gasteiger partial charge on any atom is -0.399 e. The number of hydrogen-bond donors (Lipinski definition) is 2. The molecule has 0 amide bonds. The van der Waals surface area contributed by atoms with Crippen molar-refractivity contribution in [2.45, 2.75) is 25.4 Å². The fourth-order valence-corrected chi connectivity index (χ4v) is 3.01. The summed E-state index contributed by atoms with van der Waals surface area (Å²) in [6.07, 6.45) is 2.08. The second kappa shape index (κ2) is 5.65. The molecule has 2 aromatic carbocycles. The number of nitrogens with two attached hydrogens (primary N) is 1. The summed E-state index contributed by atoms with van der Waals surface area (Å²) >= 11 is 11.9. The van der Waals surface area contributed by atoms with E-state index < -0.39 is 0 Å². The third kappa shape index (κ3) is 2.93. The van der Waals surface area contributed by atoms with E-state index in [2.05, 4.69) is 17.4 Å². The molecule has 0 fully saturated rings. The van der Waals surface area contributed by atoms with Crippen molar-refractivity contribution in [2.24, 2.45) is 0 Å². The number of hydrogen-bond acceptors (Lipinski definition) is 2. The van der Waals surface area contributed by atoms with E-state index in [9.17, 15) is 0 Å². The van der Waals surface area contributed by atoms with Crippen molar-refractivity contribution in [1.29, 1.82) is 0 Å². The number of benzene rings is 2. The maximum atomic E-state index is 6.03. The minimum atomic E-state index is 0.459. The third-order valence-electron chi connectivity index (χ3n) is 3.74. The summed E-state index contributed by atoms with van der Waals surface area (Å²) in [4.78, 5) is 0. The highest BCUT2D eigenvalue weighted by molar-refractivity contribution is 6.42. The fraction of sp³-hybridized carbons (Fsp3) is 0.250. The Bertz CT molecular complexity index is 640. The van der Waals surface area contributed by atoms with Gasteiger partial charge < -0.3 is 11.1 Å². The van der Waals surface area contributed by atoms with E-state index in [0.717, 1.165) is 30.6 Å². The van der Waals surface area contributed by atoms with Crippen molar-refractivity contribution in [1.82, 2.24) is 5.32 Å². The summed E-state index contributed by atoms with van der Waals surface area (Å²) in [5.41, 5.74) is 10.6. The maximum absolute atomic E-state index is 6.03. The summed E-state index contributed by atoms with van der Waals surface area (Å²) < 4.78 is 0. The minimum absolute atomic E-state index is 0.459. The molecule has 1 atom stereocenters. The van der Waals surface area contributed by atoms with Gasteiger partial charge in [0.05, 0.1) is 10.0 Å². The van der Waals surface area contributed by atoms with Crippen LogP contribution in [0.25, 0.3) is 0 Å². The molecule has 0 bridgehead atoms. The van der Waals surface area contributed by atoms with Crippen molar-refractivity contribution in [2.75, 3.05) is 5.73 Å². The highest BCUT2D eigenvalue weighted by Crippen LogP contribution is 2.25. The van der Waals surface area contributed by atoms with Gasteiger partial charge in [0.15, 0.2) is 0 Å². The summed E-state index contributed by atoms with van der Waals surface area (Å²) in [6, 6.07) is 12.4. The van der Waals surface area contributed by atoms with Crippen molar-refractivity contribution in [3.8, 4) is 0 Å². The van der Waals surface area contributed by atoms with E-state index in [4.69, 9.17) is 28.9 Å². The quantitative estimate of drug-likeness (QED) is 0.846. The number of fused-ring (bicyclic) bond motifs is 1. The summed E-state index contributed by atoms with van der Waals surface area (Å²) in [5.74, 6) is 0. The molecule has 0 heterocycles. The molecule has 0 aliphatic heterocycles. The number of nitrogens with one attached hydrogen (secondary N) is 1. The van der Waals surface area contributed by atoms with Crippen LogP contribution in [-0.4, -0.2) is 6.04 Å². The van der Waals surface area contributed by atoms with Gasteiger partial charge in [-0.1, -0.05) is 35.3 Å². The monoisotopic (exact) mass is 306 g/mol. The first-order valence-electron chi connectivity index (χ1n) is 6.66. The molecular formula is C16H16Cl2N2. The van der Waals surface area contributed by atoms with E-state index in [0.29, 0.717) is 16.1 Å². The largest absolute Gasteiger partial charge is 0.399 e. The number of rotatable bonds is 3. The molecule has 2 nitrogen and oxygen atoms in total. The number of halogens is 2. The van der Waals surface area contributed by atoms with Crippen LogP contribution in [0.4, 0.5) is 5.69 Å². The van der Waals surface area contributed by atoms with E-state index >= 15 is 0 Å². The SMILES string of the molecule is Nc1ccc2c(c1)CC(NCc1ccc(Cl)c(Cl)c1)C2. The molecule has 0 saturated heterocycles. The second-order valence-corrected chi connectivity index (χ2v) is 6.08. The van der Waals surface area contributed by atoms with Gasteiger partial charge in [0.25, 0.3) is 0 Å². The van der Waals surface area contributed by atoms with E-state index in [-0.39, 0.29) is 0 Å². The Labute approximate surface area is 128 Å². The zero-order valence-electron chi connectivity index (χ0n) is 11.0. The lowest BCUT2D eigenvalue weighted by atomic mass is 10.1. The molecule has 3 rings (SSSR count). The van der Waals surface area contributed by atoms with Crippen LogP contribution < -0.4 is 11.1 Å². The lowest BCUT2D eigenvalue weighted by Crippen LogP contribution is -2.28. The summed E-state index contributed by atoms with van der Waals surface area (Å²) in [6.45, 7) is 0.797. The molecule has 0 aromatic heterocycles. The summed E-state index contributed by atoms with van der Waals surface area (Å²) in [7, 11) is 0. The molecule has 1 unspecified atom stereocenters. The normalized spacial score (nSPS) is 17.2. The van der Waals surface area contributed by atoms with E-state index in [1.807, 2.05) is 24.3 Å². The molecule has 1 aliphatic rings. The first kappa shape index (κ1) is 13.7. The van der Waals surface area contributed by atoms with Crippen molar-refractivity contribution >= 4 is 28.9 Å². The van der Waals surface area contributed by atoms with Gasteiger partial charge in [-0.25, -0.2) is 0 Å². The Morgan fingerprint density at radius 2 is 1.80 bits per heavy atom. The summed E-state index contributed by atoms with van der Waals surface area (Å²) in [5, 5.41) is 4.77. The first-order chi connectivity index (χ1) is 9.61. The van der Waals surface area contributed by atoms with Crippen LogP contribution in [0.3, 0.4) is 0 Å². The Balaban J connectivity index is 1.62. The van der Waals surface area contributed by atoms with Gasteiger partial charge in [-0.05, 0) is 53.8 Å². The van der Waals surface area contributed by atoms with Crippen LogP contribution in [0.5, 0.6) is 0 Å². The van der Waals surface area contributed by atoms with Gasteiger partial charge >= 0.3 is 0 Å². The zero-order valence-corrected chi connectivity index (χ0v) is 12.5. The molecule has 0 radical (unpaired) electrons. The standard InChI is InChI=1S/C16H16Cl2N2/c17-15-4-1-10(5-16(15)18)9-20-14-7-11-2-3-13(19)6-12(11)8-14/h1-6,14,20H,7-9,19H2. The van der Waals surface area contributed by atoms with Crippen molar-refractivity contribution < 1.29 is 0 Å². The highest BCUT2D eigenvalue weighted by Gasteiger charge is 2.20. The van der Waals surface area contributed by atoms with Crippen LogP contribution in [0.15, 0.2) is 36.4 Å². The molecule has 0 saturated carbocycles. The van der Waals surface area contributed by atoms with Crippen LogP contribution in [-0.2, 0) is 19.4 Å². The van der Waals surface area contributed by atoms with Gasteiger partial charge in [-0.2, -0.15) is 0 Å². The lowest BCUT2D eigenvalue weighted by molar-refractivity contribution is 0.533. The van der Waals surface area contributed by atoms with Gasteiger partial charge in [0, 0.05) is 18.3 Å². The van der Waals surface area contributed by atoms with Crippen LogP contribution in [0, 0.1) is 0 Å². The Morgan fingerprint density at radius 1 is 1.00 bits per heavy atom. The number of anilines is 1. The van der Waals surface area contributed by atoms with Crippen molar-refractivity contribution in [3.63, 3.8) is 0 Å². The average Bonchev–Trinajstić information content (AvgIpc) is 2.82. The molecule has 3 N–H and O–H groups in total. The predicted molar refractivity (Wildman–Crippen MR) is 85.4 cm³/mol. The van der Waals surface area contributed by atoms with Gasteiger partial charge in [0.1, 0.15) is 0 Å². The molecule has 2 aromatic rings. The Hall–Kier alpha value is -1.22. The molecule has 20 heavy (non-hydrogen) atoms. The zero-order chi connectivity index (χ0) is 14.1. The first-order valence-corrected chi connectivity index (χ1v) is 7.42. The molecule has 104 valence electrons. The molecular weight excluding hydrogens is 291 g/mol. The Morgan fingerprint density at radius 3 is 2.60 bits per heavy atom. The average molecular weight is 307 g/mol. The smallest absolute Gasteiger partial charge is 0.0595 e. The number of nitrogen functional groups attached to an aromatic ring is 1. The molecule has 1 aliphatic carbocycles. The topological polar surface area (TPSA) is 38.0 Å². The van der Waals surface area contributed by atoms with Gasteiger partial charge in [0.2, 0.25) is 0 Å². The fourth-order valence-electron chi connectivity index (χ4n) is 2.69. The van der Waals surface area contributed by atoms with Gasteiger partial charge in [-0.15, -0.1) is 0 Å². The van der Waals surface area contributed by atoms with Crippen molar-refractivity contribution in [3.05, 3.63) is 63.1 Å². The predicted octanol–water partition coefficient (Wildman–Crippen LogP) is 3.83. The van der Waals surface area contributed by atoms with Crippen LogP contribution >= 0.6 is 23.2 Å². The van der Waals surface area contributed by atoms with Crippen LogP contribution in [0.1, 0.15) is 16.7 Å². The highest BCUT2D eigenvalue weighted by atomic mass is 35.5. The lowest BCUT2D eigenvalue weighted by Gasteiger charge is -2.12. The molecule has 0 spiro atoms. The van der Waals surface area contributed by atoms with Crippen LogP contribution in [0.2, 0.25) is 10.0 Å². The Kier molecular flexibility index (Phi) is 3.88. The second-order valence-electron chi connectivity index (χ2n) is 5.26. The molecule has 4 heteroatoms.